The SMILES string of the molecule is N#Cc1cc2cc3ccccc3cc2cc1Cl. The van der Waals surface area contributed by atoms with Gasteiger partial charge in [-0.2, -0.15) is 5.26 Å². The molecule has 0 aliphatic rings. The highest BCUT2D eigenvalue weighted by Crippen LogP contribution is 2.27. The first-order chi connectivity index (χ1) is 8.28. The number of nitriles is 1. The zero-order valence-electron chi connectivity index (χ0n) is 8.94. The fourth-order valence-electron chi connectivity index (χ4n) is 2.05. The van der Waals surface area contributed by atoms with Crippen LogP contribution in [0.3, 0.4) is 0 Å². The summed E-state index contributed by atoms with van der Waals surface area (Å²) in [5.41, 5.74) is 0.523. The highest BCUT2D eigenvalue weighted by atomic mass is 35.5. The van der Waals surface area contributed by atoms with E-state index in [0.717, 1.165) is 10.8 Å². The third kappa shape index (κ3) is 1.63. The van der Waals surface area contributed by atoms with Crippen molar-refractivity contribution in [3.05, 3.63) is 59.1 Å². The average Bonchev–Trinajstić information content (AvgIpc) is 2.35. The van der Waals surface area contributed by atoms with E-state index in [1.165, 1.54) is 10.8 Å². The van der Waals surface area contributed by atoms with Crippen LogP contribution >= 0.6 is 11.6 Å². The van der Waals surface area contributed by atoms with Crippen LogP contribution in [0.4, 0.5) is 0 Å². The Balaban J connectivity index is 2.45. The number of rotatable bonds is 0. The van der Waals surface area contributed by atoms with E-state index in [4.69, 9.17) is 16.9 Å². The molecule has 2 heteroatoms. The van der Waals surface area contributed by atoms with Gasteiger partial charge in [0.05, 0.1) is 10.6 Å². The monoisotopic (exact) mass is 237 g/mol. The molecule has 0 atom stereocenters. The molecule has 0 aliphatic carbocycles. The molecule has 0 saturated carbocycles. The summed E-state index contributed by atoms with van der Waals surface area (Å²) in [5.74, 6) is 0. The molecule has 3 aromatic carbocycles. The number of nitrogens with zero attached hydrogens (tertiary/aromatic N) is 1. The minimum atomic E-state index is 0.510. The summed E-state index contributed by atoms with van der Waals surface area (Å²) in [6.07, 6.45) is 0. The largest absolute Gasteiger partial charge is 0.192 e. The molecular formula is C15H8ClN. The molecule has 0 aliphatic heterocycles. The molecule has 3 aromatic rings. The summed E-state index contributed by atoms with van der Waals surface area (Å²) in [6.45, 7) is 0. The van der Waals surface area contributed by atoms with Crippen molar-refractivity contribution >= 4 is 33.1 Å². The van der Waals surface area contributed by atoms with Crippen LogP contribution in [0.1, 0.15) is 5.56 Å². The minimum Gasteiger partial charge on any atom is -0.192 e. The van der Waals surface area contributed by atoms with Gasteiger partial charge in [0.25, 0.3) is 0 Å². The summed E-state index contributed by atoms with van der Waals surface area (Å²) >= 11 is 6.03. The van der Waals surface area contributed by atoms with Gasteiger partial charge in [-0.15, -0.1) is 0 Å². The molecule has 0 aromatic heterocycles. The first-order valence-corrected chi connectivity index (χ1v) is 5.68. The van der Waals surface area contributed by atoms with Gasteiger partial charge in [-0.05, 0) is 45.8 Å². The fraction of sp³-hybridized carbons (Fsp3) is 0. The van der Waals surface area contributed by atoms with E-state index in [1.54, 1.807) is 0 Å². The second-order valence-corrected chi connectivity index (χ2v) is 4.40. The second-order valence-electron chi connectivity index (χ2n) is 3.99. The van der Waals surface area contributed by atoms with Crippen molar-refractivity contribution in [1.29, 1.82) is 5.26 Å². The topological polar surface area (TPSA) is 23.8 Å². The highest BCUT2D eigenvalue weighted by molar-refractivity contribution is 6.32. The summed E-state index contributed by atoms with van der Waals surface area (Å²) in [6, 6.07) is 18.1. The van der Waals surface area contributed by atoms with Gasteiger partial charge < -0.3 is 0 Å². The van der Waals surface area contributed by atoms with Crippen molar-refractivity contribution < 1.29 is 0 Å². The van der Waals surface area contributed by atoms with E-state index in [0.29, 0.717) is 10.6 Å². The molecule has 80 valence electrons. The summed E-state index contributed by atoms with van der Waals surface area (Å²) in [5, 5.41) is 13.9. The van der Waals surface area contributed by atoms with E-state index in [-0.39, 0.29) is 0 Å². The number of hydrogen-bond donors (Lipinski definition) is 0. The van der Waals surface area contributed by atoms with E-state index in [1.807, 2.05) is 24.3 Å². The van der Waals surface area contributed by atoms with Crippen molar-refractivity contribution in [1.82, 2.24) is 0 Å². The zero-order chi connectivity index (χ0) is 11.8. The second kappa shape index (κ2) is 3.76. The van der Waals surface area contributed by atoms with Crippen LogP contribution in [0.25, 0.3) is 21.5 Å². The van der Waals surface area contributed by atoms with Gasteiger partial charge in [-0.1, -0.05) is 35.9 Å². The predicted octanol–water partition coefficient (Wildman–Crippen LogP) is 4.52. The molecule has 0 bridgehead atoms. The van der Waals surface area contributed by atoms with Crippen LogP contribution in [0.15, 0.2) is 48.5 Å². The Kier molecular flexibility index (Phi) is 2.24. The molecule has 0 N–H and O–H groups in total. The Morgan fingerprint density at radius 3 is 2.00 bits per heavy atom. The standard InChI is InChI=1S/C15H8ClN/c16-15-8-13-6-11-4-2-1-3-10(11)5-12(13)7-14(15)9-17/h1-8H. The molecular weight excluding hydrogens is 230 g/mol. The summed E-state index contributed by atoms with van der Waals surface area (Å²) in [4.78, 5) is 0. The van der Waals surface area contributed by atoms with Gasteiger partial charge in [0.15, 0.2) is 0 Å². The van der Waals surface area contributed by atoms with Crippen LogP contribution < -0.4 is 0 Å². The predicted molar refractivity (Wildman–Crippen MR) is 71.2 cm³/mol. The van der Waals surface area contributed by atoms with Crippen molar-refractivity contribution in [3.8, 4) is 6.07 Å². The van der Waals surface area contributed by atoms with Gasteiger partial charge in [0.2, 0.25) is 0 Å². The molecule has 0 radical (unpaired) electrons. The smallest absolute Gasteiger partial charge is 0.101 e. The molecule has 0 heterocycles. The maximum absolute atomic E-state index is 8.96. The van der Waals surface area contributed by atoms with Gasteiger partial charge in [-0.3, -0.25) is 0 Å². The van der Waals surface area contributed by atoms with Crippen molar-refractivity contribution in [2.75, 3.05) is 0 Å². The summed E-state index contributed by atoms with van der Waals surface area (Å²) < 4.78 is 0. The Morgan fingerprint density at radius 2 is 1.41 bits per heavy atom. The van der Waals surface area contributed by atoms with Crippen LogP contribution in [0.5, 0.6) is 0 Å². The van der Waals surface area contributed by atoms with E-state index < -0.39 is 0 Å². The first kappa shape index (κ1) is 10.1. The van der Waals surface area contributed by atoms with Gasteiger partial charge in [0, 0.05) is 0 Å². The maximum atomic E-state index is 8.96. The lowest BCUT2D eigenvalue weighted by molar-refractivity contribution is 1.50. The Hall–Kier alpha value is -2.04. The number of fused-ring (bicyclic) bond motifs is 2. The Bertz CT molecular complexity index is 769. The van der Waals surface area contributed by atoms with Crippen LogP contribution in [-0.2, 0) is 0 Å². The third-order valence-corrected chi connectivity index (χ3v) is 3.22. The number of benzene rings is 3. The molecule has 0 fully saturated rings. The van der Waals surface area contributed by atoms with E-state index in [9.17, 15) is 0 Å². The van der Waals surface area contributed by atoms with Gasteiger partial charge in [0.1, 0.15) is 6.07 Å². The molecule has 1 nitrogen and oxygen atoms in total. The number of halogens is 1. The molecule has 0 amide bonds. The lowest BCUT2D eigenvalue weighted by Gasteiger charge is -2.04. The summed E-state index contributed by atoms with van der Waals surface area (Å²) in [7, 11) is 0. The normalized spacial score (nSPS) is 10.6. The first-order valence-electron chi connectivity index (χ1n) is 5.30. The maximum Gasteiger partial charge on any atom is 0.101 e. The molecule has 0 spiro atoms. The highest BCUT2D eigenvalue weighted by Gasteiger charge is 2.03. The van der Waals surface area contributed by atoms with Crippen molar-refractivity contribution in [2.45, 2.75) is 0 Å². The zero-order valence-corrected chi connectivity index (χ0v) is 9.70. The molecule has 3 rings (SSSR count). The third-order valence-electron chi connectivity index (χ3n) is 2.91. The molecule has 0 saturated heterocycles. The number of hydrogen-bond acceptors (Lipinski definition) is 1. The Labute approximate surface area is 104 Å². The lowest BCUT2D eigenvalue weighted by Crippen LogP contribution is -1.81. The molecule has 0 unspecified atom stereocenters. The van der Waals surface area contributed by atoms with Crippen LogP contribution in [0, 0.1) is 11.3 Å². The average molecular weight is 238 g/mol. The van der Waals surface area contributed by atoms with E-state index in [2.05, 4.69) is 30.3 Å². The van der Waals surface area contributed by atoms with Crippen LogP contribution in [0.2, 0.25) is 5.02 Å². The fourth-order valence-corrected chi connectivity index (χ4v) is 2.26. The lowest BCUT2D eigenvalue weighted by atomic mass is 10.0. The quantitative estimate of drug-likeness (QED) is 0.528. The molecule has 17 heavy (non-hydrogen) atoms. The van der Waals surface area contributed by atoms with Crippen molar-refractivity contribution in [2.24, 2.45) is 0 Å². The van der Waals surface area contributed by atoms with Crippen LogP contribution in [-0.4, -0.2) is 0 Å². The van der Waals surface area contributed by atoms with Gasteiger partial charge >= 0.3 is 0 Å². The van der Waals surface area contributed by atoms with Crippen molar-refractivity contribution in [3.63, 3.8) is 0 Å². The van der Waals surface area contributed by atoms with Gasteiger partial charge in [-0.25, -0.2) is 0 Å². The Morgan fingerprint density at radius 1 is 0.824 bits per heavy atom. The van der Waals surface area contributed by atoms with E-state index >= 15 is 0 Å². The minimum absolute atomic E-state index is 0.510.